The van der Waals surface area contributed by atoms with Crippen LogP contribution < -0.4 is 11.3 Å². The van der Waals surface area contributed by atoms with Gasteiger partial charge < -0.3 is 0 Å². The SMILES string of the molecule is CC1(C(Cc2ccc(Cl)cc2F)NN)CC1. The van der Waals surface area contributed by atoms with Crippen LogP contribution in [0.1, 0.15) is 25.3 Å². The van der Waals surface area contributed by atoms with Crippen molar-refractivity contribution in [2.24, 2.45) is 11.3 Å². The van der Waals surface area contributed by atoms with Crippen LogP contribution in [0.25, 0.3) is 0 Å². The van der Waals surface area contributed by atoms with E-state index < -0.39 is 0 Å². The van der Waals surface area contributed by atoms with Crippen LogP contribution in [0.15, 0.2) is 18.2 Å². The van der Waals surface area contributed by atoms with Crippen LogP contribution in [0.3, 0.4) is 0 Å². The highest BCUT2D eigenvalue weighted by atomic mass is 35.5. The van der Waals surface area contributed by atoms with E-state index in [1.807, 2.05) is 0 Å². The molecule has 0 heterocycles. The molecule has 4 heteroatoms. The summed E-state index contributed by atoms with van der Waals surface area (Å²) in [5, 5.41) is 0.427. The van der Waals surface area contributed by atoms with Gasteiger partial charge in [-0.3, -0.25) is 11.3 Å². The predicted octanol–water partition coefficient (Wildman–Crippen LogP) is 2.65. The molecule has 1 aromatic carbocycles. The second-order valence-corrected chi connectivity index (χ2v) is 5.25. The molecule has 1 fully saturated rings. The predicted molar refractivity (Wildman–Crippen MR) is 63.6 cm³/mol. The maximum Gasteiger partial charge on any atom is 0.127 e. The van der Waals surface area contributed by atoms with E-state index in [-0.39, 0.29) is 17.3 Å². The third-order valence-corrected chi connectivity index (χ3v) is 3.76. The summed E-state index contributed by atoms with van der Waals surface area (Å²) < 4.78 is 13.6. The first-order valence-corrected chi connectivity index (χ1v) is 5.83. The monoisotopic (exact) mass is 242 g/mol. The van der Waals surface area contributed by atoms with E-state index in [0.29, 0.717) is 17.0 Å². The average Bonchev–Trinajstić information content (AvgIpc) is 2.96. The lowest BCUT2D eigenvalue weighted by Gasteiger charge is -2.22. The van der Waals surface area contributed by atoms with Crippen LogP contribution >= 0.6 is 11.6 Å². The van der Waals surface area contributed by atoms with Crippen molar-refractivity contribution in [2.45, 2.75) is 32.2 Å². The van der Waals surface area contributed by atoms with E-state index in [0.717, 1.165) is 12.8 Å². The van der Waals surface area contributed by atoms with Gasteiger partial charge in [0, 0.05) is 11.1 Å². The highest BCUT2D eigenvalue weighted by molar-refractivity contribution is 6.30. The zero-order chi connectivity index (χ0) is 11.8. The zero-order valence-electron chi connectivity index (χ0n) is 9.26. The van der Waals surface area contributed by atoms with Gasteiger partial charge in [-0.05, 0) is 42.4 Å². The Morgan fingerprint density at radius 2 is 2.25 bits per heavy atom. The molecule has 0 aromatic heterocycles. The Hall–Kier alpha value is -0.640. The molecule has 88 valence electrons. The fraction of sp³-hybridized carbons (Fsp3) is 0.500. The summed E-state index contributed by atoms with van der Waals surface area (Å²) in [6, 6.07) is 4.92. The highest BCUT2D eigenvalue weighted by Gasteiger charge is 2.44. The van der Waals surface area contributed by atoms with Gasteiger partial charge >= 0.3 is 0 Å². The van der Waals surface area contributed by atoms with Gasteiger partial charge in [0.2, 0.25) is 0 Å². The molecule has 1 unspecified atom stereocenters. The van der Waals surface area contributed by atoms with Gasteiger partial charge in [-0.2, -0.15) is 0 Å². The molecule has 2 nitrogen and oxygen atoms in total. The number of hydrogen-bond donors (Lipinski definition) is 2. The van der Waals surface area contributed by atoms with Crippen molar-refractivity contribution in [3.05, 3.63) is 34.6 Å². The summed E-state index contributed by atoms with van der Waals surface area (Å²) in [6.07, 6.45) is 2.91. The lowest BCUT2D eigenvalue weighted by Crippen LogP contribution is -2.42. The van der Waals surface area contributed by atoms with Gasteiger partial charge in [-0.15, -0.1) is 0 Å². The summed E-state index contributed by atoms with van der Waals surface area (Å²) >= 11 is 5.71. The molecule has 16 heavy (non-hydrogen) atoms. The molecule has 0 aliphatic heterocycles. The van der Waals surface area contributed by atoms with E-state index in [2.05, 4.69) is 12.3 Å². The Morgan fingerprint density at radius 3 is 2.75 bits per heavy atom. The fourth-order valence-electron chi connectivity index (χ4n) is 1.96. The molecule has 1 aromatic rings. The first-order valence-electron chi connectivity index (χ1n) is 5.45. The number of rotatable bonds is 4. The van der Waals surface area contributed by atoms with Gasteiger partial charge in [0.1, 0.15) is 5.82 Å². The van der Waals surface area contributed by atoms with Crippen molar-refractivity contribution in [1.29, 1.82) is 0 Å². The quantitative estimate of drug-likeness (QED) is 0.629. The van der Waals surface area contributed by atoms with E-state index in [4.69, 9.17) is 17.4 Å². The number of hydrogen-bond acceptors (Lipinski definition) is 2. The molecule has 3 N–H and O–H groups in total. The molecule has 1 aliphatic carbocycles. The Labute approximate surface area is 99.9 Å². The standard InChI is InChI=1S/C12H16ClFN2/c1-12(4-5-12)11(16-15)6-8-2-3-9(13)7-10(8)14/h2-3,7,11,16H,4-6,15H2,1H3. The minimum Gasteiger partial charge on any atom is -0.271 e. The maximum absolute atomic E-state index is 13.6. The number of nitrogens with two attached hydrogens (primary N) is 1. The third kappa shape index (κ3) is 2.37. The molecule has 0 saturated heterocycles. The first-order chi connectivity index (χ1) is 7.55. The van der Waals surface area contributed by atoms with Crippen molar-refractivity contribution in [2.75, 3.05) is 0 Å². The van der Waals surface area contributed by atoms with Crippen molar-refractivity contribution >= 4 is 11.6 Å². The molecular weight excluding hydrogens is 227 g/mol. The third-order valence-electron chi connectivity index (χ3n) is 3.52. The smallest absolute Gasteiger partial charge is 0.127 e. The number of halogens is 2. The van der Waals surface area contributed by atoms with Gasteiger partial charge in [-0.25, -0.2) is 4.39 Å². The molecule has 0 amide bonds. The summed E-state index contributed by atoms with van der Waals surface area (Å²) in [6.45, 7) is 2.17. The van der Waals surface area contributed by atoms with Crippen LogP contribution in [0.4, 0.5) is 4.39 Å². The topological polar surface area (TPSA) is 38.0 Å². The summed E-state index contributed by atoms with van der Waals surface area (Å²) in [4.78, 5) is 0. The van der Waals surface area contributed by atoms with Crippen molar-refractivity contribution < 1.29 is 4.39 Å². The van der Waals surface area contributed by atoms with Gasteiger partial charge in [0.25, 0.3) is 0 Å². The first kappa shape index (κ1) is 11.8. The molecule has 1 saturated carbocycles. The number of hydrazine groups is 1. The Kier molecular flexibility index (Phi) is 3.19. The second kappa shape index (κ2) is 4.32. The zero-order valence-corrected chi connectivity index (χ0v) is 10.0. The van der Waals surface area contributed by atoms with Crippen LogP contribution in [-0.4, -0.2) is 6.04 Å². The molecule has 0 radical (unpaired) electrons. The number of benzene rings is 1. The van der Waals surface area contributed by atoms with E-state index in [1.165, 1.54) is 6.07 Å². The minimum absolute atomic E-state index is 0.128. The largest absolute Gasteiger partial charge is 0.271 e. The van der Waals surface area contributed by atoms with Gasteiger partial charge in [-0.1, -0.05) is 24.6 Å². The molecule has 2 rings (SSSR count). The van der Waals surface area contributed by atoms with E-state index in [9.17, 15) is 4.39 Å². The molecular formula is C12H16ClFN2. The van der Waals surface area contributed by atoms with Crippen LogP contribution in [0, 0.1) is 11.2 Å². The second-order valence-electron chi connectivity index (χ2n) is 4.81. The number of nitrogens with one attached hydrogen (secondary N) is 1. The van der Waals surface area contributed by atoms with Crippen LogP contribution in [0.5, 0.6) is 0 Å². The van der Waals surface area contributed by atoms with Gasteiger partial charge in [0.05, 0.1) is 0 Å². The minimum atomic E-state index is -0.253. The van der Waals surface area contributed by atoms with Crippen LogP contribution in [0.2, 0.25) is 5.02 Å². The summed E-state index contributed by atoms with van der Waals surface area (Å²) in [5.41, 5.74) is 3.69. The molecule has 0 spiro atoms. The molecule has 0 bridgehead atoms. The van der Waals surface area contributed by atoms with E-state index >= 15 is 0 Å². The molecule has 1 aliphatic rings. The lowest BCUT2D eigenvalue weighted by atomic mass is 9.93. The molecule has 1 atom stereocenters. The fourth-order valence-corrected chi connectivity index (χ4v) is 2.12. The highest BCUT2D eigenvalue weighted by Crippen LogP contribution is 2.48. The van der Waals surface area contributed by atoms with Crippen molar-refractivity contribution in [3.8, 4) is 0 Å². The van der Waals surface area contributed by atoms with E-state index in [1.54, 1.807) is 12.1 Å². The lowest BCUT2D eigenvalue weighted by molar-refractivity contribution is 0.355. The van der Waals surface area contributed by atoms with Gasteiger partial charge in [0.15, 0.2) is 0 Å². The Balaban J connectivity index is 2.13. The Morgan fingerprint density at radius 1 is 1.56 bits per heavy atom. The summed E-state index contributed by atoms with van der Waals surface area (Å²) in [5.74, 6) is 5.28. The normalized spacial score (nSPS) is 19.5. The van der Waals surface area contributed by atoms with Crippen LogP contribution in [-0.2, 0) is 6.42 Å². The maximum atomic E-state index is 13.6. The Bertz CT molecular complexity index is 391. The van der Waals surface area contributed by atoms with Crippen molar-refractivity contribution in [1.82, 2.24) is 5.43 Å². The summed E-state index contributed by atoms with van der Waals surface area (Å²) in [7, 11) is 0. The average molecular weight is 243 g/mol. The van der Waals surface area contributed by atoms with Crippen molar-refractivity contribution in [3.63, 3.8) is 0 Å².